The van der Waals surface area contributed by atoms with Crippen molar-refractivity contribution in [3.63, 3.8) is 0 Å². The summed E-state index contributed by atoms with van der Waals surface area (Å²) in [6.07, 6.45) is 0. The molecule has 0 aliphatic carbocycles. The maximum atomic E-state index is 12.0. The second-order valence-electron chi connectivity index (χ2n) is 4.15. The molecule has 0 amide bonds. The molecule has 4 nitrogen and oxygen atoms in total. The molecule has 7 heteroatoms. The van der Waals surface area contributed by atoms with Crippen molar-refractivity contribution in [3.05, 3.63) is 27.8 Å². The SMILES string of the molecule is CC(C)(CN)NS(=O)(=O)c1cccc(I)c1.Cl. The zero-order chi connectivity index (χ0) is 12.4. The Bertz CT molecular complexity index is 477. The molecule has 0 aromatic heterocycles. The van der Waals surface area contributed by atoms with Gasteiger partial charge in [-0.15, -0.1) is 12.4 Å². The Morgan fingerprint density at radius 1 is 1.41 bits per heavy atom. The first-order chi connectivity index (χ1) is 7.27. The van der Waals surface area contributed by atoms with Gasteiger partial charge in [-0.3, -0.25) is 0 Å². The summed E-state index contributed by atoms with van der Waals surface area (Å²) in [5, 5.41) is 0. The average molecular weight is 391 g/mol. The summed E-state index contributed by atoms with van der Waals surface area (Å²) in [5.74, 6) is 0. The molecule has 0 heterocycles. The van der Waals surface area contributed by atoms with Gasteiger partial charge in [-0.2, -0.15) is 0 Å². The van der Waals surface area contributed by atoms with Crippen molar-refractivity contribution in [2.24, 2.45) is 5.73 Å². The Kier molecular flexibility index (Phi) is 6.37. The molecule has 1 rings (SSSR count). The lowest BCUT2D eigenvalue weighted by Crippen LogP contribution is -2.48. The van der Waals surface area contributed by atoms with E-state index in [4.69, 9.17) is 5.73 Å². The summed E-state index contributed by atoms with van der Waals surface area (Å²) in [6, 6.07) is 6.74. The number of benzene rings is 1. The maximum Gasteiger partial charge on any atom is 0.241 e. The van der Waals surface area contributed by atoms with Crippen LogP contribution in [0.1, 0.15) is 13.8 Å². The number of nitrogens with one attached hydrogen (secondary N) is 1. The van der Waals surface area contributed by atoms with Gasteiger partial charge in [0.25, 0.3) is 0 Å². The minimum atomic E-state index is -3.49. The van der Waals surface area contributed by atoms with Crippen molar-refractivity contribution >= 4 is 45.0 Å². The molecule has 0 saturated carbocycles. The number of halogens is 2. The monoisotopic (exact) mass is 390 g/mol. The molecular weight excluding hydrogens is 375 g/mol. The van der Waals surface area contributed by atoms with Crippen molar-refractivity contribution in [1.29, 1.82) is 0 Å². The first-order valence-electron chi connectivity index (χ1n) is 4.76. The minimum absolute atomic E-state index is 0. The maximum absolute atomic E-state index is 12.0. The lowest BCUT2D eigenvalue weighted by molar-refractivity contribution is 0.462. The second-order valence-corrected chi connectivity index (χ2v) is 7.08. The molecule has 1 aromatic carbocycles. The topological polar surface area (TPSA) is 72.2 Å². The molecule has 0 unspecified atom stereocenters. The molecular formula is C10H16ClIN2O2S. The van der Waals surface area contributed by atoms with E-state index >= 15 is 0 Å². The molecule has 3 N–H and O–H groups in total. The fourth-order valence-corrected chi connectivity index (χ4v) is 3.32. The summed E-state index contributed by atoms with van der Waals surface area (Å²) < 4.78 is 27.4. The van der Waals surface area contributed by atoms with Gasteiger partial charge in [0.05, 0.1) is 4.90 Å². The van der Waals surface area contributed by atoms with Crippen LogP contribution in [0.5, 0.6) is 0 Å². The lowest BCUT2D eigenvalue weighted by Gasteiger charge is -2.23. The number of sulfonamides is 1. The van der Waals surface area contributed by atoms with Gasteiger partial charge in [-0.25, -0.2) is 13.1 Å². The van der Waals surface area contributed by atoms with Gasteiger partial charge in [0.15, 0.2) is 0 Å². The van der Waals surface area contributed by atoms with E-state index in [1.165, 1.54) is 0 Å². The van der Waals surface area contributed by atoms with Crippen molar-refractivity contribution in [2.45, 2.75) is 24.3 Å². The van der Waals surface area contributed by atoms with Gasteiger partial charge in [0.2, 0.25) is 10.0 Å². The Hall–Kier alpha value is 0.110. The molecule has 0 aliphatic rings. The van der Waals surface area contributed by atoms with Crippen LogP contribution in [0.4, 0.5) is 0 Å². The smallest absolute Gasteiger partial charge is 0.241 e. The Morgan fingerprint density at radius 2 is 2.00 bits per heavy atom. The quantitative estimate of drug-likeness (QED) is 0.769. The third kappa shape index (κ3) is 5.09. The van der Waals surface area contributed by atoms with Crippen molar-refractivity contribution in [2.75, 3.05) is 6.54 Å². The van der Waals surface area contributed by atoms with E-state index in [0.29, 0.717) is 0 Å². The number of hydrogen-bond acceptors (Lipinski definition) is 3. The zero-order valence-electron chi connectivity index (χ0n) is 9.60. The molecule has 0 radical (unpaired) electrons. The zero-order valence-corrected chi connectivity index (χ0v) is 13.4. The van der Waals surface area contributed by atoms with E-state index in [9.17, 15) is 8.42 Å². The highest BCUT2D eigenvalue weighted by Gasteiger charge is 2.24. The van der Waals surface area contributed by atoms with E-state index in [1.54, 1.807) is 32.0 Å². The van der Waals surface area contributed by atoms with Crippen LogP contribution >= 0.6 is 35.0 Å². The van der Waals surface area contributed by atoms with Crippen molar-refractivity contribution in [1.82, 2.24) is 4.72 Å². The van der Waals surface area contributed by atoms with Gasteiger partial charge < -0.3 is 5.73 Å². The van der Waals surface area contributed by atoms with E-state index in [0.717, 1.165) is 3.57 Å². The Morgan fingerprint density at radius 3 is 2.47 bits per heavy atom. The molecule has 0 bridgehead atoms. The first kappa shape index (κ1) is 17.1. The van der Waals surface area contributed by atoms with Crippen LogP contribution in [0.25, 0.3) is 0 Å². The lowest BCUT2D eigenvalue weighted by atomic mass is 10.1. The van der Waals surface area contributed by atoms with Crippen LogP contribution in [0.3, 0.4) is 0 Å². The van der Waals surface area contributed by atoms with Crippen molar-refractivity contribution < 1.29 is 8.42 Å². The third-order valence-corrected chi connectivity index (χ3v) is 4.39. The van der Waals surface area contributed by atoms with E-state index in [2.05, 4.69) is 27.3 Å². The molecule has 0 fully saturated rings. The summed E-state index contributed by atoms with van der Waals surface area (Å²) >= 11 is 2.08. The molecule has 0 spiro atoms. The van der Waals surface area contributed by atoms with Crippen LogP contribution in [0.15, 0.2) is 29.2 Å². The van der Waals surface area contributed by atoms with E-state index in [-0.39, 0.29) is 23.8 Å². The molecule has 98 valence electrons. The molecule has 0 atom stereocenters. The fourth-order valence-electron chi connectivity index (χ4n) is 1.10. The summed E-state index contributed by atoms with van der Waals surface area (Å²) in [6.45, 7) is 3.74. The molecule has 0 aliphatic heterocycles. The van der Waals surface area contributed by atoms with Crippen LogP contribution in [0.2, 0.25) is 0 Å². The Balaban J connectivity index is 0.00000256. The predicted octanol–water partition coefficient (Wildman–Crippen LogP) is 1.73. The number of nitrogens with two attached hydrogens (primary N) is 1. The van der Waals surface area contributed by atoms with Gasteiger partial charge in [-0.05, 0) is 54.6 Å². The van der Waals surface area contributed by atoms with E-state index in [1.807, 2.05) is 6.07 Å². The van der Waals surface area contributed by atoms with Gasteiger partial charge >= 0.3 is 0 Å². The van der Waals surface area contributed by atoms with Gasteiger partial charge in [-0.1, -0.05) is 6.07 Å². The number of hydrogen-bond donors (Lipinski definition) is 2. The van der Waals surface area contributed by atoms with Gasteiger partial charge in [0, 0.05) is 15.7 Å². The normalized spacial score (nSPS) is 12.0. The summed E-state index contributed by atoms with van der Waals surface area (Å²) in [4.78, 5) is 0.265. The van der Waals surface area contributed by atoms with Crippen LogP contribution in [-0.4, -0.2) is 20.5 Å². The standard InChI is InChI=1S/C10H15IN2O2S.ClH/c1-10(2,7-12)13-16(14,15)9-5-3-4-8(11)6-9;/h3-6,13H,7,12H2,1-2H3;1H. The van der Waals surface area contributed by atoms with Crippen LogP contribution < -0.4 is 10.5 Å². The predicted molar refractivity (Wildman–Crippen MR) is 79.9 cm³/mol. The number of rotatable bonds is 4. The largest absolute Gasteiger partial charge is 0.329 e. The highest BCUT2D eigenvalue weighted by atomic mass is 127. The Labute approximate surface area is 122 Å². The highest BCUT2D eigenvalue weighted by molar-refractivity contribution is 14.1. The van der Waals surface area contributed by atoms with Crippen molar-refractivity contribution in [3.8, 4) is 0 Å². The molecule has 17 heavy (non-hydrogen) atoms. The first-order valence-corrected chi connectivity index (χ1v) is 7.33. The third-order valence-electron chi connectivity index (χ3n) is 2.03. The average Bonchev–Trinajstić information content (AvgIpc) is 2.16. The van der Waals surface area contributed by atoms with Gasteiger partial charge in [0.1, 0.15) is 0 Å². The van der Waals surface area contributed by atoms with Crippen LogP contribution in [-0.2, 0) is 10.0 Å². The fraction of sp³-hybridized carbons (Fsp3) is 0.400. The highest BCUT2D eigenvalue weighted by Crippen LogP contribution is 2.15. The summed E-state index contributed by atoms with van der Waals surface area (Å²) in [5.41, 5.74) is 4.85. The minimum Gasteiger partial charge on any atom is -0.329 e. The molecule has 1 aromatic rings. The van der Waals surface area contributed by atoms with E-state index < -0.39 is 15.6 Å². The second kappa shape index (κ2) is 6.33. The van der Waals surface area contributed by atoms with Crippen LogP contribution in [0, 0.1) is 3.57 Å². The molecule has 0 saturated heterocycles. The summed E-state index contributed by atoms with van der Waals surface area (Å²) in [7, 11) is -3.49.